The summed E-state index contributed by atoms with van der Waals surface area (Å²) in [6.45, 7) is 4.76. The Morgan fingerprint density at radius 3 is 2.52 bits per heavy atom. The van der Waals surface area contributed by atoms with Crippen LogP contribution in [0.1, 0.15) is 24.8 Å². The molecule has 1 N–H and O–H groups in total. The summed E-state index contributed by atoms with van der Waals surface area (Å²) in [4.78, 5) is 15.9. The van der Waals surface area contributed by atoms with Crippen LogP contribution in [0.15, 0.2) is 12.1 Å². The molecule has 0 aromatic heterocycles. The van der Waals surface area contributed by atoms with Crippen molar-refractivity contribution in [2.24, 2.45) is 5.41 Å². The van der Waals surface area contributed by atoms with Gasteiger partial charge in [0.25, 0.3) is 0 Å². The Balaban J connectivity index is 1.42. The van der Waals surface area contributed by atoms with Crippen LogP contribution in [0.4, 0.5) is 0 Å². The van der Waals surface area contributed by atoms with E-state index in [2.05, 4.69) is 4.90 Å². The van der Waals surface area contributed by atoms with Crippen molar-refractivity contribution in [3.8, 4) is 17.2 Å². The van der Waals surface area contributed by atoms with E-state index in [1.807, 2.05) is 24.1 Å². The molecule has 7 nitrogen and oxygen atoms in total. The Kier molecular flexibility index (Phi) is 4.90. The molecule has 27 heavy (non-hydrogen) atoms. The van der Waals surface area contributed by atoms with Gasteiger partial charge < -0.3 is 19.3 Å². The fourth-order valence-electron chi connectivity index (χ4n) is 4.76. The molecule has 2 saturated heterocycles. The van der Waals surface area contributed by atoms with Crippen LogP contribution in [0.3, 0.4) is 0 Å². The molecule has 7 heteroatoms. The summed E-state index contributed by atoms with van der Waals surface area (Å²) in [7, 11) is 3.61. The zero-order chi connectivity index (χ0) is 19.0. The van der Waals surface area contributed by atoms with Gasteiger partial charge in [-0.15, -0.1) is 0 Å². The lowest BCUT2D eigenvalue weighted by Crippen LogP contribution is -2.40. The number of carbonyl (C=O) groups is 1. The minimum Gasteiger partial charge on any atom is -0.496 e. The summed E-state index contributed by atoms with van der Waals surface area (Å²) in [5, 5.41) is 9.41. The Morgan fingerprint density at radius 2 is 1.93 bits per heavy atom. The molecule has 0 bridgehead atoms. The number of ether oxygens (including phenoxy) is 3. The molecule has 0 amide bonds. The lowest BCUT2D eigenvalue weighted by atomic mass is 9.76. The Labute approximate surface area is 159 Å². The Hall–Kier alpha value is -1.99. The van der Waals surface area contributed by atoms with Crippen LogP contribution in [0, 0.1) is 5.41 Å². The average molecular weight is 376 g/mol. The highest BCUT2D eigenvalue weighted by atomic mass is 16.6. The molecule has 3 aliphatic heterocycles. The van der Waals surface area contributed by atoms with Gasteiger partial charge in [-0.2, -0.15) is 0 Å². The first kappa shape index (κ1) is 18.4. The first-order valence-electron chi connectivity index (χ1n) is 9.62. The van der Waals surface area contributed by atoms with E-state index in [1.165, 1.54) is 0 Å². The molecular weight excluding hydrogens is 348 g/mol. The number of rotatable bonds is 4. The SMILES string of the molecule is COc1cc2c(cc1CN1CCC3(CC1)CC(C(=O)O)N(C)C3)OCCO2. The van der Waals surface area contributed by atoms with E-state index in [0.717, 1.165) is 68.3 Å². The first-order valence-corrected chi connectivity index (χ1v) is 9.62. The van der Waals surface area contributed by atoms with E-state index in [1.54, 1.807) is 7.11 Å². The minimum absolute atomic E-state index is 0.144. The molecule has 1 spiro atoms. The van der Waals surface area contributed by atoms with Crippen LogP contribution in [0.5, 0.6) is 17.2 Å². The van der Waals surface area contributed by atoms with Crippen LogP contribution in [0.2, 0.25) is 0 Å². The van der Waals surface area contributed by atoms with Crippen molar-refractivity contribution in [3.05, 3.63) is 17.7 Å². The minimum atomic E-state index is -0.696. The van der Waals surface area contributed by atoms with Crippen molar-refractivity contribution in [2.75, 3.05) is 47.0 Å². The van der Waals surface area contributed by atoms with Crippen molar-refractivity contribution >= 4 is 5.97 Å². The molecule has 0 aliphatic carbocycles. The van der Waals surface area contributed by atoms with Gasteiger partial charge in [-0.05, 0) is 50.9 Å². The first-order chi connectivity index (χ1) is 13.0. The topological polar surface area (TPSA) is 71.5 Å². The summed E-state index contributed by atoms with van der Waals surface area (Å²) in [6.07, 6.45) is 2.84. The number of likely N-dealkylation sites (N-methyl/N-ethyl adjacent to an activating group) is 1. The number of aliphatic carboxylic acids is 1. The van der Waals surface area contributed by atoms with Crippen LogP contribution >= 0.6 is 0 Å². The molecule has 2 fully saturated rings. The lowest BCUT2D eigenvalue weighted by molar-refractivity contribution is -0.141. The van der Waals surface area contributed by atoms with Gasteiger partial charge in [0, 0.05) is 24.7 Å². The van der Waals surface area contributed by atoms with Gasteiger partial charge in [0.15, 0.2) is 11.5 Å². The normalized spacial score (nSPS) is 24.9. The highest BCUT2D eigenvalue weighted by molar-refractivity contribution is 5.74. The summed E-state index contributed by atoms with van der Waals surface area (Å²) in [5.74, 6) is 1.66. The molecule has 4 rings (SSSR count). The van der Waals surface area contributed by atoms with Crippen LogP contribution in [0.25, 0.3) is 0 Å². The van der Waals surface area contributed by atoms with Gasteiger partial charge in [0.1, 0.15) is 25.0 Å². The van der Waals surface area contributed by atoms with Crippen molar-refractivity contribution < 1.29 is 24.1 Å². The molecule has 1 unspecified atom stereocenters. The average Bonchev–Trinajstić information content (AvgIpc) is 2.99. The monoisotopic (exact) mass is 376 g/mol. The number of carboxylic acids is 1. The van der Waals surface area contributed by atoms with E-state index in [-0.39, 0.29) is 11.5 Å². The summed E-state index contributed by atoms with van der Waals surface area (Å²) in [5.41, 5.74) is 1.25. The number of nitrogens with zero attached hydrogens (tertiary/aromatic N) is 2. The maximum Gasteiger partial charge on any atom is 0.320 e. The number of hydrogen-bond acceptors (Lipinski definition) is 6. The maximum atomic E-state index is 11.4. The van der Waals surface area contributed by atoms with E-state index in [4.69, 9.17) is 14.2 Å². The fourth-order valence-corrected chi connectivity index (χ4v) is 4.76. The van der Waals surface area contributed by atoms with Crippen LogP contribution in [-0.4, -0.2) is 73.9 Å². The zero-order valence-corrected chi connectivity index (χ0v) is 16.1. The number of benzene rings is 1. The standard InChI is InChI=1S/C20H28N2O5/c1-21-13-20(11-15(21)19(23)24)3-5-22(6-4-20)12-14-9-17-18(10-16(14)25-2)27-8-7-26-17/h9-10,15H,3-8,11-13H2,1-2H3,(H,23,24). The molecule has 3 aliphatic rings. The van der Waals surface area contributed by atoms with Crippen molar-refractivity contribution in [1.29, 1.82) is 0 Å². The van der Waals surface area contributed by atoms with Crippen molar-refractivity contribution in [2.45, 2.75) is 31.8 Å². The van der Waals surface area contributed by atoms with Crippen molar-refractivity contribution in [3.63, 3.8) is 0 Å². The largest absolute Gasteiger partial charge is 0.496 e. The quantitative estimate of drug-likeness (QED) is 0.860. The second-order valence-electron chi connectivity index (χ2n) is 8.06. The highest BCUT2D eigenvalue weighted by Crippen LogP contribution is 2.44. The lowest BCUT2D eigenvalue weighted by Gasteiger charge is -2.39. The summed E-state index contributed by atoms with van der Waals surface area (Å²) >= 11 is 0. The van der Waals surface area contributed by atoms with Gasteiger partial charge >= 0.3 is 5.97 Å². The van der Waals surface area contributed by atoms with E-state index in [9.17, 15) is 9.90 Å². The molecule has 0 saturated carbocycles. The van der Waals surface area contributed by atoms with Gasteiger partial charge in [-0.25, -0.2) is 0 Å². The van der Waals surface area contributed by atoms with Gasteiger partial charge in [-0.1, -0.05) is 0 Å². The third-order valence-electron chi connectivity index (χ3n) is 6.28. The predicted molar refractivity (Wildman–Crippen MR) is 99.6 cm³/mol. The number of fused-ring (bicyclic) bond motifs is 1. The second kappa shape index (κ2) is 7.20. The molecule has 1 aromatic rings. The number of hydrogen-bond donors (Lipinski definition) is 1. The third kappa shape index (κ3) is 3.58. The molecular formula is C20H28N2O5. The van der Waals surface area contributed by atoms with Gasteiger partial charge in [0.2, 0.25) is 0 Å². The molecule has 0 radical (unpaired) electrons. The molecule has 3 heterocycles. The third-order valence-corrected chi connectivity index (χ3v) is 6.28. The Bertz CT molecular complexity index is 715. The predicted octanol–water partition coefficient (Wildman–Crippen LogP) is 1.84. The summed E-state index contributed by atoms with van der Waals surface area (Å²) in [6, 6.07) is 3.61. The van der Waals surface area contributed by atoms with Gasteiger partial charge in [0.05, 0.1) is 7.11 Å². The molecule has 1 aromatic carbocycles. The number of likely N-dealkylation sites (tertiary alicyclic amines) is 2. The maximum absolute atomic E-state index is 11.4. The smallest absolute Gasteiger partial charge is 0.320 e. The van der Waals surface area contributed by atoms with Gasteiger partial charge in [-0.3, -0.25) is 14.6 Å². The van der Waals surface area contributed by atoms with Crippen molar-refractivity contribution in [1.82, 2.24) is 9.80 Å². The number of piperidine rings is 1. The van der Waals surface area contributed by atoms with Crippen LogP contribution < -0.4 is 14.2 Å². The highest BCUT2D eigenvalue weighted by Gasteiger charge is 2.46. The summed E-state index contributed by atoms with van der Waals surface area (Å²) < 4.78 is 16.9. The molecule has 1 atom stereocenters. The fraction of sp³-hybridized carbons (Fsp3) is 0.650. The van der Waals surface area contributed by atoms with E-state index < -0.39 is 5.97 Å². The van der Waals surface area contributed by atoms with E-state index >= 15 is 0 Å². The molecule has 148 valence electrons. The number of carboxylic acid groups (broad SMARTS) is 1. The number of methoxy groups -OCH3 is 1. The second-order valence-corrected chi connectivity index (χ2v) is 8.06. The Morgan fingerprint density at radius 1 is 1.26 bits per heavy atom. The van der Waals surface area contributed by atoms with Crippen LogP contribution in [-0.2, 0) is 11.3 Å². The van der Waals surface area contributed by atoms with E-state index in [0.29, 0.717) is 13.2 Å². The zero-order valence-electron chi connectivity index (χ0n) is 16.1.